The Morgan fingerprint density at radius 2 is 1.81 bits per heavy atom. The molecule has 2 nitrogen and oxygen atoms in total. The molecule has 110 valence electrons. The maximum Gasteiger partial charge on any atom is 0.233 e. The van der Waals surface area contributed by atoms with Crippen molar-refractivity contribution in [2.75, 3.05) is 0 Å². The minimum absolute atomic E-state index is 0.0350. The molecule has 0 radical (unpaired) electrons. The van der Waals surface area contributed by atoms with E-state index in [0.717, 1.165) is 14.9 Å². The Morgan fingerprint density at radius 1 is 1.19 bits per heavy atom. The highest BCUT2D eigenvalue weighted by Crippen LogP contribution is 2.24. The predicted octanol–water partition coefficient (Wildman–Crippen LogP) is 4.39. The molecule has 0 saturated carbocycles. The monoisotopic (exact) mass is 367 g/mol. The molecule has 21 heavy (non-hydrogen) atoms. The van der Waals surface area contributed by atoms with E-state index in [1.807, 2.05) is 31.2 Å². The van der Waals surface area contributed by atoms with Crippen LogP contribution in [0.4, 0.5) is 4.39 Å². The fraction of sp³-hybridized carbons (Fsp3) is 0.188. The molecule has 0 bridgehead atoms. The summed E-state index contributed by atoms with van der Waals surface area (Å²) in [6.45, 7) is 2.27. The van der Waals surface area contributed by atoms with Crippen molar-refractivity contribution in [3.05, 3.63) is 64.4 Å². The number of rotatable bonds is 5. The zero-order valence-electron chi connectivity index (χ0n) is 11.5. The molecule has 1 atom stereocenters. The number of carbonyl (C=O) groups is 1. The molecule has 2 aromatic carbocycles. The second-order valence-corrected chi connectivity index (χ2v) is 6.89. The van der Waals surface area contributed by atoms with Crippen LogP contribution >= 0.6 is 27.7 Å². The number of halogens is 2. The normalized spacial score (nSPS) is 12.0. The van der Waals surface area contributed by atoms with Gasteiger partial charge < -0.3 is 5.32 Å². The molecule has 1 N–H and O–H groups in total. The average Bonchev–Trinajstić information content (AvgIpc) is 2.48. The lowest BCUT2D eigenvalue weighted by atomic mass is 10.2. The first-order valence-electron chi connectivity index (χ1n) is 6.49. The van der Waals surface area contributed by atoms with Crippen molar-refractivity contribution < 1.29 is 9.18 Å². The van der Waals surface area contributed by atoms with E-state index < -0.39 is 0 Å². The van der Waals surface area contributed by atoms with E-state index in [9.17, 15) is 9.18 Å². The van der Waals surface area contributed by atoms with E-state index in [1.54, 1.807) is 12.1 Å². The second-order valence-electron chi connectivity index (χ2n) is 4.56. The Labute approximate surface area is 136 Å². The molecule has 1 unspecified atom stereocenters. The van der Waals surface area contributed by atoms with Crippen molar-refractivity contribution >= 4 is 33.6 Å². The number of hydrogen-bond donors (Lipinski definition) is 1. The van der Waals surface area contributed by atoms with Gasteiger partial charge in [0.05, 0.1) is 5.25 Å². The first-order chi connectivity index (χ1) is 10.0. The number of benzene rings is 2. The maximum absolute atomic E-state index is 12.8. The molecule has 2 aromatic rings. The van der Waals surface area contributed by atoms with Crippen LogP contribution < -0.4 is 5.32 Å². The van der Waals surface area contributed by atoms with Crippen LogP contribution in [0.3, 0.4) is 0 Å². The molecule has 0 heterocycles. The topological polar surface area (TPSA) is 29.1 Å². The van der Waals surface area contributed by atoms with Crippen LogP contribution in [-0.4, -0.2) is 11.2 Å². The fourth-order valence-electron chi connectivity index (χ4n) is 1.71. The van der Waals surface area contributed by atoms with Crippen LogP contribution in [0.2, 0.25) is 0 Å². The van der Waals surface area contributed by atoms with E-state index in [2.05, 4.69) is 21.2 Å². The average molecular weight is 368 g/mol. The Bertz CT molecular complexity index is 601. The SMILES string of the molecule is CC(Sc1ccc(Br)cc1)C(=O)NCc1ccc(F)cc1. The largest absolute Gasteiger partial charge is 0.351 e. The molecular weight excluding hydrogens is 353 g/mol. The number of amides is 1. The summed E-state index contributed by atoms with van der Waals surface area (Å²) in [5, 5.41) is 2.67. The molecule has 0 spiro atoms. The third-order valence-electron chi connectivity index (χ3n) is 2.88. The van der Waals surface area contributed by atoms with Gasteiger partial charge in [0.2, 0.25) is 5.91 Å². The van der Waals surface area contributed by atoms with Crippen LogP contribution in [0.1, 0.15) is 12.5 Å². The van der Waals surface area contributed by atoms with Gasteiger partial charge in [-0.1, -0.05) is 28.1 Å². The molecule has 0 aliphatic heterocycles. The standard InChI is InChI=1S/C16H15BrFNOS/c1-11(21-15-8-4-13(17)5-9-15)16(20)19-10-12-2-6-14(18)7-3-12/h2-9,11H,10H2,1H3,(H,19,20). The summed E-state index contributed by atoms with van der Waals surface area (Å²) in [6.07, 6.45) is 0. The molecule has 5 heteroatoms. The van der Waals surface area contributed by atoms with Crippen molar-refractivity contribution in [3.63, 3.8) is 0 Å². The van der Waals surface area contributed by atoms with Gasteiger partial charge in [-0.05, 0) is 48.9 Å². The highest BCUT2D eigenvalue weighted by molar-refractivity contribution is 9.10. The van der Waals surface area contributed by atoms with E-state index in [0.29, 0.717) is 6.54 Å². The number of nitrogens with one attached hydrogen (secondary N) is 1. The molecule has 0 fully saturated rings. The highest BCUT2D eigenvalue weighted by atomic mass is 79.9. The first-order valence-corrected chi connectivity index (χ1v) is 8.16. The Kier molecular flexibility index (Phi) is 5.82. The third-order valence-corrected chi connectivity index (χ3v) is 4.52. The Hall–Kier alpha value is -1.33. The molecule has 2 rings (SSSR count). The number of hydrogen-bond acceptors (Lipinski definition) is 2. The minimum atomic E-state index is -0.274. The minimum Gasteiger partial charge on any atom is -0.351 e. The lowest BCUT2D eigenvalue weighted by molar-refractivity contribution is -0.120. The summed E-state index contributed by atoms with van der Waals surface area (Å²) < 4.78 is 13.8. The van der Waals surface area contributed by atoms with Crippen LogP contribution in [-0.2, 0) is 11.3 Å². The van der Waals surface area contributed by atoms with Gasteiger partial charge in [-0.3, -0.25) is 4.79 Å². The zero-order chi connectivity index (χ0) is 15.2. The van der Waals surface area contributed by atoms with Crippen LogP contribution in [0.15, 0.2) is 57.9 Å². The van der Waals surface area contributed by atoms with Gasteiger partial charge in [0.25, 0.3) is 0 Å². The summed E-state index contributed by atoms with van der Waals surface area (Å²) in [4.78, 5) is 13.1. The van der Waals surface area contributed by atoms with Crippen molar-refractivity contribution in [1.29, 1.82) is 0 Å². The second kappa shape index (κ2) is 7.61. The summed E-state index contributed by atoms with van der Waals surface area (Å²) in [5.74, 6) is -0.309. The quantitative estimate of drug-likeness (QED) is 0.794. The third kappa shape index (κ3) is 5.17. The van der Waals surface area contributed by atoms with E-state index >= 15 is 0 Å². The van der Waals surface area contributed by atoms with Crippen molar-refractivity contribution in [3.8, 4) is 0 Å². The van der Waals surface area contributed by atoms with Crippen molar-refractivity contribution in [2.45, 2.75) is 23.6 Å². The molecule has 0 saturated heterocycles. The van der Waals surface area contributed by atoms with E-state index in [1.165, 1.54) is 23.9 Å². The van der Waals surface area contributed by atoms with Crippen molar-refractivity contribution in [2.24, 2.45) is 0 Å². The maximum atomic E-state index is 12.8. The van der Waals surface area contributed by atoms with Gasteiger partial charge >= 0.3 is 0 Å². The van der Waals surface area contributed by atoms with Crippen LogP contribution in [0.25, 0.3) is 0 Å². The number of thioether (sulfide) groups is 1. The van der Waals surface area contributed by atoms with Crippen LogP contribution in [0.5, 0.6) is 0 Å². The molecular formula is C16H15BrFNOS. The van der Waals surface area contributed by atoms with Crippen molar-refractivity contribution in [1.82, 2.24) is 5.32 Å². The molecule has 0 aliphatic rings. The van der Waals surface area contributed by atoms with E-state index in [-0.39, 0.29) is 17.0 Å². The van der Waals surface area contributed by atoms with Gasteiger partial charge in [0, 0.05) is 15.9 Å². The Balaban J connectivity index is 1.84. The molecule has 0 aromatic heterocycles. The lowest BCUT2D eigenvalue weighted by Gasteiger charge is -2.12. The predicted molar refractivity (Wildman–Crippen MR) is 87.7 cm³/mol. The smallest absolute Gasteiger partial charge is 0.233 e. The summed E-state index contributed by atoms with van der Waals surface area (Å²) in [6, 6.07) is 14.0. The summed E-state index contributed by atoms with van der Waals surface area (Å²) in [7, 11) is 0. The van der Waals surface area contributed by atoms with Gasteiger partial charge in [-0.2, -0.15) is 0 Å². The Morgan fingerprint density at radius 3 is 2.43 bits per heavy atom. The van der Waals surface area contributed by atoms with Gasteiger partial charge in [-0.25, -0.2) is 4.39 Å². The fourth-order valence-corrected chi connectivity index (χ4v) is 2.86. The molecule has 0 aliphatic carbocycles. The van der Waals surface area contributed by atoms with Gasteiger partial charge in [0.15, 0.2) is 0 Å². The molecule has 1 amide bonds. The van der Waals surface area contributed by atoms with E-state index in [4.69, 9.17) is 0 Å². The van der Waals surface area contributed by atoms with Crippen LogP contribution in [0, 0.1) is 5.82 Å². The first kappa shape index (κ1) is 16.0. The summed E-state index contributed by atoms with van der Waals surface area (Å²) in [5.41, 5.74) is 0.880. The summed E-state index contributed by atoms with van der Waals surface area (Å²) >= 11 is 4.89. The lowest BCUT2D eigenvalue weighted by Crippen LogP contribution is -2.30. The highest BCUT2D eigenvalue weighted by Gasteiger charge is 2.13. The number of carbonyl (C=O) groups excluding carboxylic acids is 1. The zero-order valence-corrected chi connectivity index (χ0v) is 13.9. The van der Waals surface area contributed by atoms with Gasteiger partial charge in [0.1, 0.15) is 5.82 Å². The van der Waals surface area contributed by atoms with Gasteiger partial charge in [-0.15, -0.1) is 11.8 Å².